The molecular weight excluding hydrogens is 160 g/mol. The maximum absolute atomic E-state index is 3.22. The molecule has 1 aromatic rings. The largest absolute Gasteiger partial charge is 0.372 e. The van der Waals surface area contributed by atoms with E-state index < -0.39 is 0 Å². The van der Waals surface area contributed by atoms with Gasteiger partial charge in [-0.3, -0.25) is 0 Å². The molecule has 0 aliphatic carbocycles. The van der Waals surface area contributed by atoms with Gasteiger partial charge in [0.2, 0.25) is 0 Å². The average Bonchev–Trinajstić information content (AvgIpc) is 2.65. The first kappa shape index (κ1) is 6.78. The number of rotatable bonds is 0. The first-order valence-corrected chi connectivity index (χ1v) is 4.43. The normalized spacial score (nSPS) is 17.5. The van der Waals surface area contributed by atoms with E-state index in [2.05, 4.69) is 53.0 Å². The minimum absolute atomic E-state index is 0.889. The third-order valence-corrected chi connectivity index (χ3v) is 2.48. The van der Waals surface area contributed by atoms with Crippen molar-refractivity contribution in [3.63, 3.8) is 0 Å². The van der Waals surface area contributed by atoms with Crippen molar-refractivity contribution in [2.45, 2.75) is 0 Å². The van der Waals surface area contributed by atoms with Gasteiger partial charge in [-0.05, 0) is 11.6 Å². The summed E-state index contributed by atoms with van der Waals surface area (Å²) in [6, 6.07) is 8.45. The Bertz CT molecular complexity index is 404. The van der Waals surface area contributed by atoms with E-state index in [4.69, 9.17) is 0 Å². The predicted molar refractivity (Wildman–Crippen MR) is 53.3 cm³/mol. The fourth-order valence-corrected chi connectivity index (χ4v) is 1.82. The smallest absolute Gasteiger partial charge is 0.0916 e. The van der Waals surface area contributed by atoms with Gasteiger partial charge >= 0.3 is 0 Å². The van der Waals surface area contributed by atoms with Crippen LogP contribution >= 0.6 is 0 Å². The van der Waals surface area contributed by atoms with Crippen LogP contribution in [0.5, 0.6) is 0 Å². The standard InChI is InChI=1S/C11H10N2/c1-2-4-10-9(3-1)5-6-13-8-12-7-11(10)13/h1-7,12H,8H2. The zero-order valence-electron chi connectivity index (χ0n) is 7.20. The van der Waals surface area contributed by atoms with E-state index in [1.165, 1.54) is 16.8 Å². The molecule has 0 radical (unpaired) electrons. The zero-order chi connectivity index (χ0) is 8.67. The molecular formula is C11H10N2. The lowest BCUT2D eigenvalue weighted by atomic mass is 10.0. The van der Waals surface area contributed by atoms with Gasteiger partial charge in [-0.25, -0.2) is 0 Å². The van der Waals surface area contributed by atoms with Gasteiger partial charge in [0.1, 0.15) is 0 Å². The molecule has 64 valence electrons. The van der Waals surface area contributed by atoms with Crippen molar-refractivity contribution in [1.29, 1.82) is 0 Å². The van der Waals surface area contributed by atoms with Gasteiger partial charge in [0.05, 0.1) is 12.4 Å². The van der Waals surface area contributed by atoms with Crippen molar-refractivity contribution in [1.82, 2.24) is 10.2 Å². The van der Waals surface area contributed by atoms with E-state index in [0.29, 0.717) is 0 Å². The predicted octanol–water partition coefficient (Wildman–Crippen LogP) is 1.83. The van der Waals surface area contributed by atoms with Crippen LogP contribution in [-0.4, -0.2) is 11.6 Å². The highest BCUT2D eigenvalue weighted by Crippen LogP contribution is 2.29. The lowest BCUT2D eigenvalue weighted by Crippen LogP contribution is -2.19. The molecule has 2 heteroatoms. The molecule has 3 rings (SSSR count). The molecule has 13 heavy (non-hydrogen) atoms. The van der Waals surface area contributed by atoms with Gasteiger partial charge in [-0.1, -0.05) is 24.3 Å². The summed E-state index contributed by atoms with van der Waals surface area (Å²) in [5.41, 5.74) is 3.89. The molecule has 0 fully saturated rings. The van der Waals surface area contributed by atoms with Crippen LogP contribution in [0, 0.1) is 0 Å². The topological polar surface area (TPSA) is 15.3 Å². The minimum Gasteiger partial charge on any atom is -0.372 e. The lowest BCUT2D eigenvalue weighted by molar-refractivity contribution is 0.542. The summed E-state index contributed by atoms with van der Waals surface area (Å²) in [6.45, 7) is 0.889. The second kappa shape index (κ2) is 2.39. The van der Waals surface area contributed by atoms with E-state index in [-0.39, 0.29) is 0 Å². The van der Waals surface area contributed by atoms with Gasteiger partial charge in [0.25, 0.3) is 0 Å². The van der Waals surface area contributed by atoms with E-state index in [0.717, 1.165) is 6.67 Å². The molecule has 0 saturated carbocycles. The van der Waals surface area contributed by atoms with Crippen molar-refractivity contribution in [2.75, 3.05) is 6.67 Å². The Kier molecular flexibility index (Phi) is 1.25. The maximum Gasteiger partial charge on any atom is 0.0916 e. The highest BCUT2D eigenvalue weighted by Gasteiger charge is 2.19. The van der Waals surface area contributed by atoms with E-state index in [9.17, 15) is 0 Å². The minimum atomic E-state index is 0.889. The number of hydrogen-bond acceptors (Lipinski definition) is 2. The van der Waals surface area contributed by atoms with Crippen LogP contribution in [0.25, 0.3) is 11.8 Å². The van der Waals surface area contributed by atoms with Gasteiger partial charge in [0, 0.05) is 18.0 Å². The Morgan fingerprint density at radius 1 is 1.23 bits per heavy atom. The molecule has 0 bridgehead atoms. The van der Waals surface area contributed by atoms with Crippen molar-refractivity contribution in [2.24, 2.45) is 0 Å². The van der Waals surface area contributed by atoms with Gasteiger partial charge in [-0.15, -0.1) is 0 Å². The van der Waals surface area contributed by atoms with E-state index in [1.807, 2.05) is 0 Å². The summed E-state index contributed by atoms with van der Waals surface area (Å²) in [6.07, 6.45) is 6.34. The van der Waals surface area contributed by atoms with Crippen LogP contribution in [-0.2, 0) is 0 Å². The molecule has 0 atom stereocenters. The molecule has 2 aliphatic rings. The Balaban J connectivity index is 2.23. The van der Waals surface area contributed by atoms with Gasteiger partial charge < -0.3 is 10.2 Å². The van der Waals surface area contributed by atoms with Crippen molar-refractivity contribution < 1.29 is 0 Å². The monoisotopic (exact) mass is 170 g/mol. The molecule has 0 unspecified atom stereocenters. The van der Waals surface area contributed by atoms with Crippen molar-refractivity contribution >= 4 is 11.8 Å². The van der Waals surface area contributed by atoms with Crippen LogP contribution in [0.15, 0.2) is 36.7 Å². The highest BCUT2D eigenvalue weighted by molar-refractivity contribution is 5.78. The Labute approximate surface area is 77.2 Å². The highest BCUT2D eigenvalue weighted by atomic mass is 15.3. The molecule has 2 heterocycles. The first-order chi connectivity index (χ1) is 6.45. The lowest BCUT2D eigenvalue weighted by Gasteiger charge is -2.22. The second-order valence-electron chi connectivity index (χ2n) is 3.26. The molecule has 2 aliphatic heterocycles. The number of benzene rings is 1. The maximum atomic E-state index is 3.22. The molecule has 1 N–H and O–H groups in total. The van der Waals surface area contributed by atoms with Gasteiger partial charge in [-0.2, -0.15) is 0 Å². The molecule has 1 aromatic carbocycles. The fraction of sp³-hybridized carbons (Fsp3) is 0.0909. The molecule has 0 aromatic heterocycles. The molecule has 2 nitrogen and oxygen atoms in total. The Morgan fingerprint density at radius 3 is 3.15 bits per heavy atom. The van der Waals surface area contributed by atoms with Crippen LogP contribution in [0.1, 0.15) is 11.1 Å². The summed E-state index contributed by atoms with van der Waals surface area (Å²) in [5.74, 6) is 0. The average molecular weight is 170 g/mol. The second-order valence-corrected chi connectivity index (χ2v) is 3.26. The first-order valence-electron chi connectivity index (χ1n) is 4.43. The summed E-state index contributed by atoms with van der Waals surface area (Å²) in [7, 11) is 0. The number of nitrogens with one attached hydrogen (secondary N) is 1. The van der Waals surface area contributed by atoms with E-state index in [1.54, 1.807) is 0 Å². The van der Waals surface area contributed by atoms with Gasteiger partial charge in [0.15, 0.2) is 0 Å². The van der Waals surface area contributed by atoms with Crippen molar-refractivity contribution in [3.05, 3.63) is 47.8 Å². The van der Waals surface area contributed by atoms with Crippen LogP contribution in [0.4, 0.5) is 0 Å². The zero-order valence-corrected chi connectivity index (χ0v) is 7.20. The Hall–Kier alpha value is -1.70. The third kappa shape index (κ3) is 0.886. The van der Waals surface area contributed by atoms with Crippen LogP contribution < -0.4 is 5.32 Å². The van der Waals surface area contributed by atoms with Crippen molar-refractivity contribution in [3.8, 4) is 0 Å². The van der Waals surface area contributed by atoms with Crippen LogP contribution in [0.2, 0.25) is 0 Å². The molecule has 0 saturated heterocycles. The fourth-order valence-electron chi connectivity index (χ4n) is 1.82. The summed E-state index contributed by atoms with van der Waals surface area (Å²) >= 11 is 0. The molecule has 0 spiro atoms. The molecule has 0 amide bonds. The Morgan fingerprint density at radius 2 is 2.15 bits per heavy atom. The number of hydrogen-bond donors (Lipinski definition) is 1. The quantitative estimate of drug-likeness (QED) is 0.639. The summed E-state index contributed by atoms with van der Waals surface area (Å²) < 4.78 is 0. The number of nitrogens with zero attached hydrogens (tertiary/aromatic N) is 1. The third-order valence-electron chi connectivity index (χ3n) is 2.48. The summed E-state index contributed by atoms with van der Waals surface area (Å²) in [4.78, 5) is 2.21. The SMILES string of the molecule is C1=CN2CNC=C2c2ccccc21. The number of fused-ring (bicyclic) bond motifs is 3. The summed E-state index contributed by atoms with van der Waals surface area (Å²) in [5, 5.41) is 3.22. The van der Waals surface area contributed by atoms with E-state index >= 15 is 0 Å². The van der Waals surface area contributed by atoms with Crippen LogP contribution in [0.3, 0.4) is 0 Å².